The topological polar surface area (TPSA) is 74.8 Å². The van der Waals surface area contributed by atoms with Gasteiger partial charge in [0.15, 0.2) is 16.8 Å². The molecule has 0 amide bonds. The lowest BCUT2D eigenvalue weighted by Crippen LogP contribution is -2.08. The minimum absolute atomic E-state index is 0.0207. The van der Waals surface area contributed by atoms with Crippen LogP contribution >= 0.6 is 27.5 Å². The summed E-state index contributed by atoms with van der Waals surface area (Å²) in [5.41, 5.74) is 2.60. The highest BCUT2D eigenvalue weighted by molar-refractivity contribution is 9.10. The summed E-state index contributed by atoms with van der Waals surface area (Å²) in [5, 5.41) is 4.85. The molecule has 0 spiro atoms. The molecule has 4 rings (SSSR count). The SMILES string of the molecule is COC(=O)Cc1nc2n(n1)Cc1c(Cl)ncn1-c1ccc(Br)cc1-2. The van der Waals surface area contributed by atoms with E-state index in [1.165, 1.54) is 7.11 Å². The number of aromatic nitrogens is 5. The molecule has 0 N–H and O–H groups in total. The number of fused-ring (bicyclic) bond motifs is 5. The molecule has 0 radical (unpaired) electrons. The molecule has 3 aromatic rings. The zero-order valence-electron chi connectivity index (χ0n) is 12.5. The van der Waals surface area contributed by atoms with Crippen molar-refractivity contribution in [3.8, 4) is 17.1 Å². The number of halogens is 2. The van der Waals surface area contributed by atoms with Gasteiger partial charge in [-0.05, 0) is 18.2 Å². The third kappa shape index (κ3) is 2.42. The number of carbonyl (C=O) groups excluding carboxylic acids is 1. The number of rotatable bonds is 2. The molecule has 0 saturated carbocycles. The molecule has 0 unspecified atom stereocenters. The third-order valence-electron chi connectivity index (χ3n) is 3.82. The molecule has 1 aliphatic rings. The smallest absolute Gasteiger partial charge is 0.313 e. The second-order valence-electron chi connectivity index (χ2n) is 5.28. The van der Waals surface area contributed by atoms with Crippen LogP contribution in [0.25, 0.3) is 17.1 Å². The maximum atomic E-state index is 11.5. The highest BCUT2D eigenvalue weighted by Crippen LogP contribution is 2.34. The molecule has 0 fully saturated rings. The number of methoxy groups -OCH3 is 1. The number of benzene rings is 1. The second-order valence-corrected chi connectivity index (χ2v) is 6.55. The fourth-order valence-corrected chi connectivity index (χ4v) is 3.27. The predicted octanol–water partition coefficient (Wildman–Crippen LogP) is 2.62. The summed E-state index contributed by atoms with van der Waals surface area (Å²) >= 11 is 9.72. The zero-order valence-corrected chi connectivity index (χ0v) is 14.9. The fourth-order valence-electron chi connectivity index (χ4n) is 2.72. The summed E-state index contributed by atoms with van der Waals surface area (Å²) in [7, 11) is 1.34. The molecule has 7 nitrogen and oxygen atoms in total. The van der Waals surface area contributed by atoms with Gasteiger partial charge >= 0.3 is 5.97 Å². The highest BCUT2D eigenvalue weighted by Gasteiger charge is 2.25. The van der Waals surface area contributed by atoms with Crippen LogP contribution < -0.4 is 0 Å². The molecule has 122 valence electrons. The van der Waals surface area contributed by atoms with E-state index >= 15 is 0 Å². The monoisotopic (exact) mass is 407 g/mol. The van der Waals surface area contributed by atoms with Crippen LogP contribution in [0.15, 0.2) is 29.0 Å². The summed E-state index contributed by atoms with van der Waals surface area (Å²) in [6.45, 7) is 0.411. The molecule has 0 saturated heterocycles. The molecular weight excluding hydrogens is 398 g/mol. The van der Waals surface area contributed by atoms with Crippen molar-refractivity contribution in [3.05, 3.63) is 45.7 Å². The highest BCUT2D eigenvalue weighted by atomic mass is 79.9. The lowest BCUT2D eigenvalue weighted by atomic mass is 10.1. The zero-order chi connectivity index (χ0) is 16.8. The van der Waals surface area contributed by atoms with E-state index in [-0.39, 0.29) is 12.4 Å². The van der Waals surface area contributed by atoms with Crippen LogP contribution in [0, 0.1) is 0 Å². The minimum Gasteiger partial charge on any atom is -0.469 e. The van der Waals surface area contributed by atoms with Gasteiger partial charge in [0.2, 0.25) is 0 Å². The number of imidazole rings is 1. The van der Waals surface area contributed by atoms with Crippen LogP contribution in [0.3, 0.4) is 0 Å². The molecule has 0 atom stereocenters. The Kier molecular flexibility index (Phi) is 3.65. The molecule has 1 aromatic carbocycles. The van der Waals surface area contributed by atoms with E-state index in [4.69, 9.17) is 16.3 Å². The molecule has 24 heavy (non-hydrogen) atoms. The Morgan fingerprint density at radius 2 is 2.29 bits per heavy atom. The summed E-state index contributed by atoms with van der Waals surface area (Å²) in [4.78, 5) is 20.2. The van der Waals surface area contributed by atoms with E-state index in [9.17, 15) is 4.79 Å². The van der Waals surface area contributed by atoms with E-state index in [0.717, 1.165) is 21.4 Å². The summed E-state index contributed by atoms with van der Waals surface area (Å²) < 4.78 is 9.27. The van der Waals surface area contributed by atoms with Crippen LogP contribution in [-0.2, 0) is 22.5 Å². The van der Waals surface area contributed by atoms with Crippen molar-refractivity contribution in [2.24, 2.45) is 0 Å². The summed E-state index contributed by atoms with van der Waals surface area (Å²) in [6, 6.07) is 5.87. The first-order valence-electron chi connectivity index (χ1n) is 7.09. The second kappa shape index (κ2) is 5.71. The Bertz CT molecular complexity index is 965. The Morgan fingerprint density at radius 3 is 3.08 bits per heavy atom. The molecule has 2 aromatic heterocycles. The third-order valence-corrected chi connectivity index (χ3v) is 4.63. The Morgan fingerprint density at radius 1 is 1.46 bits per heavy atom. The number of hydrogen-bond donors (Lipinski definition) is 0. The maximum absolute atomic E-state index is 11.5. The van der Waals surface area contributed by atoms with Gasteiger partial charge in [0.05, 0.1) is 25.0 Å². The number of ether oxygens (including phenoxy) is 1. The van der Waals surface area contributed by atoms with Crippen molar-refractivity contribution in [3.63, 3.8) is 0 Å². The first-order valence-corrected chi connectivity index (χ1v) is 8.26. The summed E-state index contributed by atoms with van der Waals surface area (Å²) in [6.07, 6.45) is 1.71. The van der Waals surface area contributed by atoms with Gasteiger partial charge in [0.25, 0.3) is 0 Å². The fraction of sp³-hybridized carbons (Fsp3) is 0.200. The first-order chi connectivity index (χ1) is 11.6. The predicted molar refractivity (Wildman–Crippen MR) is 90.1 cm³/mol. The van der Waals surface area contributed by atoms with Gasteiger partial charge in [-0.25, -0.2) is 14.6 Å². The van der Waals surface area contributed by atoms with Crippen LogP contribution in [0.5, 0.6) is 0 Å². The van der Waals surface area contributed by atoms with Crippen LogP contribution in [0.2, 0.25) is 5.15 Å². The number of esters is 1. The molecule has 9 heteroatoms. The number of carbonyl (C=O) groups is 1. The van der Waals surface area contributed by atoms with Crippen molar-refractivity contribution >= 4 is 33.5 Å². The van der Waals surface area contributed by atoms with Gasteiger partial charge in [0, 0.05) is 10.0 Å². The average Bonchev–Trinajstić information content (AvgIpc) is 3.09. The van der Waals surface area contributed by atoms with Crippen LogP contribution in [0.4, 0.5) is 0 Å². The van der Waals surface area contributed by atoms with E-state index in [0.29, 0.717) is 23.3 Å². The van der Waals surface area contributed by atoms with Crippen LogP contribution in [-0.4, -0.2) is 37.4 Å². The largest absolute Gasteiger partial charge is 0.469 e. The molecule has 0 aliphatic carbocycles. The van der Waals surface area contributed by atoms with Crippen molar-refractivity contribution in [1.82, 2.24) is 24.3 Å². The minimum atomic E-state index is -0.381. The average molecular weight is 409 g/mol. The Labute approximate surface area is 150 Å². The van der Waals surface area contributed by atoms with Crippen molar-refractivity contribution in [2.45, 2.75) is 13.0 Å². The Balaban J connectivity index is 1.93. The first kappa shape index (κ1) is 15.3. The van der Waals surface area contributed by atoms with Gasteiger partial charge < -0.3 is 4.74 Å². The standard InChI is InChI=1S/C15H11BrClN5O2/c1-24-13(23)5-12-19-15-9-4-8(16)2-3-10(9)21-7-18-14(17)11(21)6-22(15)20-12/h2-4,7H,5-6H2,1H3. The van der Waals surface area contributed by atoms with Crippen molar-refractivity contribution < 1.29 is 9.53 Å². The van der Waals surface area contributed by atoms with Crippen LogP contribution in [0.1, 0.15) is 11.5 Å². The molecule has 0 bridgehead atoms. The number of nitrogens with zero attached hydrogens (tertiary/aromatic N) is 5. The van der Waals surface area contributed by atoms with E-state index in [1.807, 2.05) is 22.8 Å². The summed E-state index contributed by atoms with van der Waals surface area (Å²) in [5.74, 6) is 0.699. The number of hydrogen-bond acceptors (Lipinski definition) is 5. The Hall–Kier alpha value is -2.19. The van der Waals surface area contributed by atoms with E-state index in [2.05, 4.69) is 31.0 Å². The molecule has 3 heterocycles. The lowest BCUT2D eigenvalue weighted by Gasteiger charge is -2.08. The van der Waals surface area contributed by atoms with Gasteiger partial charge in [-0.15, -0.1) is 0 Å². The van der Waals surface area contributed by atoms with Crippen molar-refractivity contribution in [1.29, 1.82) is 0 Å². The maximum Gasteiger partial charge on any atom is 0.313 e. The van der Waals surface area contributed by atoms with Crippen molar-refractivity contribution in [2.75, 3.05) is 7.11 Å². The van der Waals surface area contributed by atoms with Gasteiger partial charge in [0.1, 0.15) is 12.7 Å². The lowest BCUT2D eigenvalue weighted by molar-refractivity contribution is -0.139. The van der Waals surface area contributed by atoms with Gasteiger partial charge in [-0.2, -0.15) is 5.10 Å². The normalized spacial score (nSPS) is 12.1. The quantitative estimate of drug-likeness (QED) is 0.477. The van der Waals surface area contributed by atoms with E-state index < -0.39 is 0 Å². The molecular formula is C15H11BrClN5O2. The molecule has 1 aliphatic heterocycles. The van der Waals surface area contributed by atoms with Gasteiger partial charge in [-0.1, -0.05) is 27.5 Å². The van der Waals surface area contributed by atoms with E-state index in [1.54, 1.807) is 11.0 Å². The van der Waals surface area contributed by atoms with Gasteiger partial charge in [-0.3, -0.25) is 9.36 Å².